The number of aryl methyl sites for hydroxylation is 1. The lowest BCUT2D eigenvalue weighted by molar-refractivity contribution is 0.0594. The molecule has 0 radical (unpaired) electrons. The molecule has 0 aliphatic heterocycles. The first-order chi connectivity index (χ1) is 7.95. The predicted molar refractivity (Wildman–Crippen MR) is 70.7 cm³/mol. The van der Waals surface area contributed by atoms with Gasteiger partial charge in [0.2, 0.25) is 0 Å². The zero-order valence-corrected chi connectivity index (χ0v) is 11.9. The highest BCUT2D eigenvalue weighted by Crippen LogP contribution is 2.23. The van der Waals surface area contributed by atoms with E-state index in [4.69, 9.17) is 0 Å². The molecule has 0 spiro atoms. The van der Waals surface area contributed by atoms with Crippen LogP contribution in [0.15, 0.2) is 0 Å². The molecule has 1 aromatic heterocycles. The van der Waals surface area contributed by atoms with Gasteiger partial charge >= 0.3 is 5.97 Å². The molecule has 4 nitrogen and oxygen atoms in total. The van der Waals surface area contributed by atoms with Crippen molar-refractivity contribution in [3.8, 4) is 0 Å². The van der Waals surface area contributed by atoms with Crippen molar-refractivity contribution in [2.75, 3.05) is 19.0 Å². The van der Waals surface area contributed by atoms with Gasteiger partial charge in [-0.15, -0.1) is 11.3 Å². The van der Waals surface area contributed by atoms with Crippen molar-refractivity contribution < 1.29 is 9.53 Å². The second-order valence-corrected chi connectivity index (χ2v) is 5.72. The molecular weight excluding hydrogens is 236 g/mol. The van der Waals surface area contributed by atoms with Crippen molar-refractivity contribution in [2.45, 2.75) is 27.7 Å². The number of methoxy groups -OCH3 is 1. The summed E-state index contributed by atoms with van der Waals surface area (Å²) in [6, 6.07) is 0. The fourth-order valence-electron chi connectivity index (χ4n) is 1.24. The summed E-state index contributed by atoms with van der Waals surface area (Å²) in [5.41, 5.74) is 0.414. The Bertz CT molecular complexity index is 388. The Hall–Kier alpha value is -1.10. The van der Waals surface area contributed by atoms with Crippen LogP contribution in [0.25, 0.3) is 0 Å². The van der Waals surface area contributed by atoms with Gasteiger partial charge in [-0.25, -0.2) is 9.78 Å². The molecule has 5 heteroatoms. The average molecular weight is 256 g/mol. The smallest absolute Gasteiger partial charge is 0.357 e. The summed E-state index contributed by atoms with van der Waals surface area (Å²) in [6.07, 6.45) is 0. The maximum atomic E-state index is 11.4. The maximum Gasteiger partial charge on any atom is 0.357 e. The highest BCUT2D eigenvalue weighted by atomic mass is 32.1. The second kappa shape index (κ2) is 6.00. The van der Waals surface area contributed by atoms with E-state index < -0.39 is 0 Å². The third-order valence-corrected chi connectivity index (χ3v) is 3.82. The number of aromatic nitrogens is 1. The molecule has 1 unspecified atom stereocenters. The van der Waals surface area contributed by atoms with Gasteiger partial charge in [-0.1, -0.05) is 20.8 Å². The number of nitrogens with one attached hydrogen (secondary N) is 1. The lowest BCUT2D eigenvalue weighted by atomic mass is 9.98. The molecule has 1 N–H and O–H groups in total. The van der Waals surface area contributed by atoms with Crippen LogP contribution >= 0.6 is 11.3 Å². The highest BCUT2D eigenvalue weighted by molar-refractivity contribution is 7.15. The third-order valence-electron chi connectivity index (χ3n) is 2.89. The first kappa shape index (κ1) is 14.0. The standard InChI is InChI=1S/C12H20N2O2S/c1-7(2)8(3)6-13-12-14-10(9(4)17-12)11(15)16-5/h7-8H,6H2,1-5H3,(H,13,14). The van der Waals surface area contributed by atoms with Gasteiger partial charge in [0, 0.05) is 11.4 Å². The van der Waals surface area contributed by atoms with Crippen LogP contribution in [0.5, 0.6) is 0 Å². The molecule has 96 valence electrons. The van der Waals surface area contributed by atoms with Gasteiger partial charge in [-0.2, -0.15) is 0 Å². The molecule has 0 saturated heterocycles. The number of rotatable bonds is 5. The van der Waals surface area contributed by atoms with Gasteiger partial charge in [-0.05, 0) is 18.8 Å². The highest BCUT2D eigenvalue weighted by Gasteiger charge is 2.16. The molecule has 0 amide bonds. The number of esters is 1. The van der Waals surface area contributed by atoms with Crippen molar-refractivity contribution in [3.05, 3.63) is 10.6 Å². The Morgan fingerprint density at radius 1 is 1.47 bits per heavy atom. The van der Waals surface area contributed by atoms with E-state index in [1.807, 2.05) is 6.92 Å². The zero-order valence-electron chi connectivity index (χ0n) is 11.0. The quantitative estimate of drug-likeness (QED) is 0.823. The number of carbonyl (C=O) groups excluding carboxylic acids is 1. The van der Waals surface area contributed by atoms with Gasteiger partial charge in [0.1, 0.15) is 0 Å². The molecule has 17 heavy (non-hydrogen) atoms. The normalized spacial score (nSPS) is 12.6. The molecule has 1 rings (SSSR count). The molecule has 0 saturated carbocycles. The summed E-state index contributed by atoms with van der Waals surface area (Å²) in [5, 5.41) is 4.05. The molecule has 0 bridgehead atoms. The van der Waals surface area contributed by atoms with E-state index in [1.54, 1.807) is 0 Å². The first-order valence-electron chi connectivity index (χ1n) is 5.75. The van der Waals surface area contributed by atoms with E-state index in [1.165, 1.54) is 18.4 Å². The van der Waals surface area contributed by atoms with E-state index in [0.717, 1.165) is 16.6 Å². The van der Waals surface area contributed by atoms with E-state index in [-0.39, 0.29) is 5.97 Å². The maximum absolute atomic E-state index is 11.4. The number of hydrogen-bond acceptors (Lipinski definition) is 5. The molecule has 1 heterocycles. The predicted octanol–water partition coefficient (Wildman–Crippen LogP) is 2.94. The minimum atomic E-state index is -0.372. The number of hydrogen-bond donors (Lipinski definition) is 1. The average Bonchev–Trinajstić information content (AvgIpc) is 2.66. The van der Waals surface area contributed by atoms with Crippen LogP contribution in [0.3, 0.4) is 0 Å². The Morgan fingerprint density at radius 2 is 2.12 bits per heavy atom. The van der Waals surface area contributed by atoms with Crippen LogP contribution in [-0.4, -0.2) is 24.6 Å². The molecule has 1 aromatic rings. The third kappa shape index (κ3) is 3.70. The van der Waals surface area contributed by atoms with Gasteiger partial charge in [-0.3, -0.25) is 0 Å². The van der Waals surface area contributed by atoms with E-state index in [9.17, 15) is 4.79 Å². The lowest BCUT2D eigenvalue weighted by Gasteiger charge is -2.15. The monoisotopic (exact) mass is 256 g/mol. The second-order valence-electron chi connectivity index (χ2n) is 4.52. The molecule has 0 aromatic carbocycles. The topological polar surface area (TPSA) is 51.2 Å². The minimum Gasteiger partial charge on any atom is -0.464 e. The van der Waals surface area contributed by atoms with E-state index in [0.29, 0.717) is 17.5 Å². The van der Waals surface area contributed by atoms with Crippen LogP contribution in [-0.2, 0) is 4.74 Å². The first-order valence-corrected chi connectivity index (χ1v) is 6.57. The van der Waals surface area contributed by atoms with Gasteiger partial charge in [0.05, 0.1) is 7.11 Å². The van der Waals surface area contributed by atoms with Gasteiger partial charge in [0.25, 0.3) is 0 Å². The van der Waals surface area contributed by atoms with Crippen LogP contribution in [0, 0.1) is 18.8 Å². The number of carbonyl (C=O) groups is 1. The Balaban J connectivity index is 2.65. The Labute approximate surface area is 106 Å². The van der Waals surface area contributed by atoms with Crippen molar-refractivity contribution in [1.29, 1.82) is 0 Å². The molecule has 0 fully saturated rings. The summed E-state index contributed by atoms with van der Waals surface area (Å²) in [5.74, 6) is 0.827. The van der Waals surface area contributed by atoms with Crippen LogP contribution in [0.4, 0.5) is 5.13 Å². The van der Waals surface area contributed by atoms with E-state index >= 15 is 0 Å². The van der Waals surface area contributed by atoms with Crippen molar-refractivity contribution in [3.63, 3.8) is 0 Å². The number of nitrogens with zero attached hydrogens (tertiary/aromatic N) is 1. The number of thiazole rings is 1. The molecule has 1 atom stereocenters. The summed E-state index contributed by atoms with van der Waals surface area (Å²) in [4.78, 5) is 16.5. The molecule has 0 aliphatic carbocycles. The lowest BCUT2D eigenvalue weighted by Crippen LogP contribution is -2.16. The van der Waals surface area contributed by atoms with Crippen LogP contribution in [0.1, 0.15) is 36.1 Å². The Kier molecular flexibility index (Phi) is 4.93. The summed E-state index contributed by atoms with van der Waals surface area (Å²) < 4.78 is 4.67. The summed E-state index contributed by atoms with van der Waals surface area (Å²) >= 11 is 1.49. The van der Waals surface area contributed by atoms with Crippen LogP contribution < -0.4 is 5.32 Å². The summed E-state index contributed by atoms with van der Waals surface area (Å²) in [7, 11) is 1.37. The van der Waals surface area contributed by atoms with Crippen molar-refractivity contribution in [2.24, 2.45) is 11.8 Å². The van der Waals surface area contributed by atoms with E-state index in [2.05, 4.69) is 35.8 Å². The fourth-order valence-corrected chi connectivity index (χ4v) is 2.05. The Morgan fingerprint density at radius 3 is 2.65 bits per heavy atom. The summed E-state index contributed by atoms with van der Waals surface area (Å²) in [6.45, 7) is 9.32. The molecule has 0 aliphatic rings. The largest absolute Gasteiger partial charge is 0.464 e. The van der Waals surface area contributed by atoms with Crippen LogP contribution in [0.2, 0.25) is 0 Å². The van der Waals surface area contributed by atoms with Crippen molar-refractivity contribution >= 4 is 22.4 Å². The number of anilines is 1. The van der Waals surface area contributed by atoms with Gasteiger partial charge in [0.15, 0.2) is 10.8 Å². The molecular formula is C12H20N2O2S. The zero-order chi connectivity index (χ0) is 13.0. The fraction of sp³-hybridized carbons (Fsp3) is 0.667. The van der Waals surface area contributed by atoms with Gasteiger partial charge < -0.3 is 10.1 Å². The SMILES string of the molecule is COC(=O)c1nc(NCC(C)C(C)C)sc1C. The van der Waals surface area contributed by atoms with Crippen molar-refractivity contribution in [1.82, 2.24) is 4.98 Å². The number of ether oxygens (including phenoxy) is 1. The minimum absolute atomic E-state index is 0.372.